The monoisotopic (exact) mass is 335 g/mol. The molecule has 3 rings (SSSR count). The fourth-order valence-electron chi connectivity index (χ4n) is 2.39. The van der Waals surface area contributed by atoms with Gasteiger partial charge in [-0.05, 0) is 54.4 Å². The molecule has 0 bridgehead atoms. The fraction of sp³-hybridized carbons (Fsp3) is 0.211. The summed E-state index contributed by atoms with van der Waals surface area (Å²) in [7, 11) is 3.68. The topological polar surface area (TPSA) is 63.2 Å². The normalized spacial score (nSPS) is 10.3. The lowest BCUT2D eigenvalue weighted by Crippen LogP contribution is -2.21. The molecule has 0 fully saturated rings. The van der Waals surface area contributed by atoms with Gasteiger partial charge in [0.05, 0.1) is 7.11 Å². The fourth-order valence-corrected chi connectivity index (χ4v) is 2.39. The second kappa shape index (κ2) is 8.10. The molecule has 0 saturated carbocycles. The summed E-state index contributed by atoms with van der Waals surface area (Å²) >= 11 is 0. The molecule has 6 heteroatoms. The van der Waals surface area contributed by atoms with Gasteiger partial charge in [-0.2, -0.15) is 4.98 Å². The van der Waals surface area contributed by atoms with Crippen molar-refractivity contribution in [2.24, 2.45) is 0 Å². The summed E-state index contributed by atoms with van der Waals surface area (Å²) in [5.74, 6) is 2.26. The maximum absolute atomic E-state index is 5.16. The van der Waals surface area contributed by atoms with Gasteiger partial charge in [-0.3, -0.25) is 4.98 Å². The smallest absolute Gasteiger partial charge is 0.229 e. The Labute approximate surface area is 147 Å². The summed E-state index contributed by atoms with van der Waals surface area (Å²) in [4.78, 5) is 15.0. The third kappa shape index (κ3) is 4.67. The van der Waals surface area contributed by atoms with Gasteiger partial charge in [-0.25, -0.2) is 4.98 Å². The molecule has 0 spiro atoms. The van der Waals surface area contributed by atoms with E-state index in [1.165, 1.54) is 5.56 Å². The Morgan fingerprint density at radius 2 is 1.76 bits per heavy atom. The van der Waals surface area contributed by atoms with E-state index in [2.05, 4.69) is 25.2 Å². The van der Waals surface area contributed by atoms with Crippen LogP contribution in [0, 0.1) is 0 Å². The summed E-state index contributed by atoms with van der Waals surface area (Å²) in [5, 5.41) is 3.21. The average Bonchev–Trinajstić information content (AvgIpc) is 2.68. The number of benzene rings is 1. The molecule has 0 atom stereocenters. The lowest BCUT2D eigenvalue weighted by molar-refractivity contribution is 0.415. The molecule has 1 N–H and O–H groups in total. The van der Waals surface area contributed by atoms with E-state index in [-0.39, 0.29) is 0 Å². The minimum atomic E-state index is 0.568. The van der Waals surface area contributed by atoms with Crippen molar-refractivity contribution < 1.29 is 4.74 Å². The number of anilines is 3. The third-order valence-corrected chi connectivity index (χ3v) is 3.86. The van der Waals surface area contributed by atoms with Crippen LogP contribution in [0.25, 0.3) is 0 Å². The maximum atomic E-state index is 5.16. The number of ether oxygens (including phenoxy) is 1. The predicted octanol–water partition coefficient (Wildman–Crippen LogP) is 3.30. The molecular formula is C19H21N5O. The van der Waals surface area contributed by atoms with Crippen molar-refractivity contribution >= 4 is 17.5 Å². The van der Waals surface area contributed by atoms with Crippen molar-refractivity contribution in [2.45, 2.75) is 6.42 Å². The Kier molecular flexibility index (Phi) is 5.41. The van der Waals surface area contributed by atoms with Crippen molar-refractivity contribution in [2.75, 3.05) is 30.9 Å². The molecule has 0 aliphatic carbocycles. The van der Waals surface area contributed by atoms with Gasteiger partial charge in [0.15, 0.2) is 0 Å². The Morgan fingerprint density at radius 1 is 1.00 bits per heavy atom. The molecule has 0 aliphatic heterocycles. The quantitative estimate of drug-likeness (QED) is 0.715. The van der Waals surface area contributed by atoms with Gasteiger partial charge in [0.1, 0.15) is 11.6 Å². The summed E-state index contributed by atoms with van der Waals surface area (Å²) in [6, 6.07) is 13.6. The summed E-state index contributed by atoms with van der Waals surface area (Å²) in [5.41, 5.74) is 2.17. The first kappa shape index (κ1) is 16.7. The van der Waals surface area contributed by atoms with E-state index in [1.54, 1.807) is 13.3 Å². The number of nitrogens with zero attached hydrogens (tertiary/aromatic N) is 4. The first-order valence-corrected chi connectivity index (χ1v) is 8.09. The minimum absolute atomic E-state index is 0.568. The van der Waals surface area contributed by atoms with Crippen LogP contribution >= 0.6 is 0 Å². The molecule has 0 amide bonds. The number of nitrogens with one attached hydrogen (secondary N) is 1. The van der Waals surface area contributed by atoms with Crippen LogP contribution in [0.4, 0.5) is 17.5 Å². The van der Waals surface area contributed by atoms with Crippen LogP contribution in [0.1, 0.15) is 5.56 Å². The Hall–Kier alpha value is -3.15. The van der Waals surface area contributed by atoms with E-state index in [4.69, 9.17) is 4.74 Å². The lowest BCUT2D eigenvalue weighted by atomic mass is 10.2. The zero-order valence-corrected chi connectivity index (χ0v) is 14.4. The first-order valence-electron chi connectivity index (χ1n) is 8.09. The van der Waals surface area contributed by atoms with Crippen LogP contribution in [0.5, 0.6) is 5.75 Å². The molecule has 128 valence electrons. The molecule has 1 aromatic carbocycles. The number of rotatable bonds is 7. The van der Waals surface area contributed by atoms with Crippen LogP contribution in [-0.4, -0.2) is 35.7 Å². The number of methoxy groups -OCH3 is 1. The molecule has 6 nitrogen and oxygen atoms in total. The second-order valence-corrected chi connectivity index (χ2v) is 5.62. The molecule has 0 saturated heterocycles. The number of pyridine rings is 1. The van der Waals surface area contributed by atoms with Crippen molar-refractivity contribution in [3.8, 4) is 5.75 Å². The molecule has 0 unspecified atom stereocenters. The lowest BCUT2D eigenvalue weighted by Gasteiger charge is -2.18. The van der Waals surface area contributed by atoms with Gasteiger partial charge < -0.3 is 15.0 Å². The van der Waals surface area contributed by atoms with Crippen LogP contribution < -0.4 is 15.0 Å². The van der Waals surface area contributed by atoms with Crippen molar-refractivity contribution in [3.05, 3.63) is 66.6 Å². The predicted molar refractivity (Wildman–Crippen MR) is 99.5 cm³/mol. The zero-order valence-electron chi connectivity index (χ0n) is 14.4. The Morgan fingerprint density at radius 3 is 2.48 bits per heavy atom. The largest absolute Gasteiger partial charge is 0.497 e. The Bertz CT molecular complexity index is 792. The van der Waals surface area contributed by atoms with E-state index in [1.807, 2.05) is 61.9 Å². The van der Waals surface area contributed by atoms with Crippen LogP contribution in [-0.2, 0) is 6.42 Å². The van der Waals surface area contributed by atoms with Crippen molar-refractivity contribution in [1.29, 1.82) is 0 Å². The molecule has 25 heavy (non-hydrogen) atoms. The van der Waals surface area contributed by atoms with E-state index < -0.39 is 0 Å². The number of hydrogen-bond donors (Lipinski definition) is 1. The highest BCUT2D eigenvalue weighted by molar-refractivity contribution is 5.56. The molecule has 2 heterocycles. The van der Waals surface area contributed by atoms with E-state index in [9.17, 15) is 0 Å². The third-order valence-electron chi connectivity index (χ3n) is 3.86. The number of aromatic nitrogens is 3. The molecule has 0 aliphatic rings. The van der Waals surface area contributed by atoms with E-state index >= 15 is 0 Å². The highest BCUT2D eigenvalue weighted by Gasteiger charge is 2.06. The average molecular weight is 335 g/mol. The maximum Gasteiger partial charge on any atom is 0.229 e. The SMILES string of the molecule is COc1ccc(Nc2nccc(N(C)CCc3ccncc3)n2)cc1. The summed E-state index contributed by atoms with van der Waals surface area (Å²) in [6.07, 6.45) is 6.33. The summed E-state index contributed by atoms with van der Waals surface area (Å²) < 4.78 is 5.16. The molecular weight excluding hydrogens is 314 g/mol. The van der Waals surface area contributed by atoms with E-state index in [0.29, 0.717) is 5.95 Å². The Balaban J connectivity index is 1.63. The van der Waals surface area contributed by atoms with Gasteiger partial charge in [0.25, 0.3) is 0 Å². The van der Waals surface area contributed by atoms with Gasteiger partial charge in [0, 0.05) is 37.9 Å². The van der Waals surface area contributed by atoms with Crippen LogP contribution in [0.15, 0.2) is 61.1 Å². The van der Waals surface area contributed by atoms with Gasteiger partial charge in [0.2, 0.25) is 5.95 Å². The van der Waals surface area contributed by atoms with Gasteiger partial charge in [-0.15, -0.1) is 0 Å². The zero-order chi connectivity index (χ0) is 17.5. The van der Waals surface area contributed by atoms with Crippen molar-refractivity contribution in [3.63, 3.8) is 0 Å². The van der Waals surface area contributed by atoms with E-state index in [0.717, 1.165) is 30.2 Å². The van der Waals surface area contributed by atoms with Crippen LogP contribution in [0.2, 0.25) is 0 Å². The van der Waals surface area contributed by atoms with Crippen molar-refractivity contribution in [1.82, 2.24) is 15.0 Å². The number of likely N-dealkylation sites (N-methyl/N-ethyl adjacent to an activating group) is 1. The number of hydrogen-bond acceptors (Lipinski definition) is 6. The first-order chi connectivity index (χ1) is 12.2. The highest BCUT2D eigenvalue weighted by atomic mass is 16.5. The highest BCUT2D eigenvalue weighted by Crippen LogP contribution is 2.19. The molecule has 2 aromatic heterocycles. The van der Waals surface area contributed by atoms with Gasteiger partial charge in [-0.1, -0.05) is 0 Å². The molecule has 0 radical (unpaired) electrons. The molecule has 3 aromatic rings. The van der Waals surface area contributed by atoms with Gasteiger partial charge >= 0.3 is 0 Å². The van der Waals surface area contributed by atoms with Crippen LogP contribution in [0.3, 0.4) is 0 Å². The minimum Gasteiger partial charge on any atom is -0.497 e. The standard InChI is InChI=1S/C19H21N5O/c1-24(14-10-15-7-11-20-12-8-15)18-9-13-21-19(23-18)22-16-3-5-17(25-2)6-4-16/h3-9,11-13H,10,14H2,1-2H3,(H,21,22,23). The summed E-state index contributed by atoms with van der Waals surface area (Å²) in [6.45, 7) is 0.864. The second-order valence-electron chi connectivity index (χ2n) is 5.62.